The summed E-state index contributed by atoms with van der Waals surface area (Å²) in [5, 5.41) is 20.5. The highest BCUT2D eigenvalue weighted by atomic mass is 35.5. The zero-order valence-corrected chi connectivity index (χ0v) is 22.3. The molecule has 184 valence electrons. The van der Waals surface area contributed by atoms with Gasteiger partial charge < -0.3 is 14.6 Å². The molecular weight excluding hydrogens is 497 g/mol. The van der Waals surface area contributed by atoms with E-state index in [1.165, 1.54) is 49.9 Å². The lowest BCUT2D eigenvalue weighted by atomic mass is 9.48. The van der Waals surface area contributed by atoms with Gasteiger partial charge in [0.1, 0.15) is 0 Å². The topological polar surface area (TPSA) is 52.2 Å². The molecular formula is C25H36Cl3N3OS. The number of β-amino-alcohol motifs (C(OH)–C–C–N with tert-alkyl or cyclic N) is 1. The summed E-state index contributed by atoms with van der Waals surface area (Å²) in [4.78, 5) is 3.15. The van der Waals surface area contributed by atoms with Crippen molar-refractivity contribution in [3.8, 4) is 0 Å². The summed E-state index contributed by atoms with van der Waals surface area (Å²) in [5.41, 5.74) is 1.37. The first-order chi connectivity index (χ1) is 15.0. The van der Waals surface area contributed by atoms with E-state index in [-0.39, 0.29) is 36.3 Å². The summed E-state index contributed by atoms with van der Waals surface area (Å²) in [6.07, 6.45) is 10.4. The molecule has 1 aliphatic heterocycles. The van der Waals surface area contributed by atoms with Crippen molar-refractivity contribution in [3.63, 3.8) is 0 Å². The number of rotatable bonds is 5. The van der Waals surface area contributed by atoms with Gasteiger partial charge in [-0.1, -0.05) is 22.9 Å². The SMILES string of the molecule is Cl.Cl.N=c1sc2cc(Cl)ccc2n1CC1CCN(CC(O)C23CC4CC(CC(C4)C2)C3)CC1. The highest BCUT2D eigenvalue weighted by molar-refractivity contribution is 7.16. The minimum absolute atomic E-state index is 0. The van der Waals surface area contributed by atoms with Crippen LogP contribution in [-0.2, 0) is 6.54 Å². The van der Waals surface area contributed by atoms with Crippen LogP contribution in [0.3, 0.4) is 0 Å². The quantitative estimate of drug-likeness (QED) is 0.498. The number of nitrogens with zero attached hydrogens (tertiary/aromatic N) is 2. The number of hydrogen-bond acceptors (Lipinski definition) is 4. The van der Waals surface area contributed by atoms with Gasteiger partial charge in [-0.15, -0.1) is 24.8 Å². The van der Waals surface area contributed by atoms with Crippen LogP contribution in [0, 0.1) is 34.5 Å². The Kier molecular flexibility index (Phi) is 7.80. The number of hydrogen-bond donors (Lipinski definition) is 2. The first-order valence-corrected chi connectivity index (χ1v) is 13.4. The predicted octanol–water partition coefficient (Wildman–Crippen LogP) is 5.97. The Balaban J connectivity index is 0.00000130. The van der Waals surface area contributed by atoms with Gasteiger partial charge in [-0.05, 0) is 112 Å². The molecule has 33 heavy (non-hydrogen) atoms. The van der Waals surface area contributed by atoms with E-state index in [4.69, 9.17) is 17.0 Å². The molecule has 1 saturated heterocycles. The number of likely N-dealkylation sites (tertiary alicyclic amines) is 1. The molecule has 8 heteroatoms. The highest BCUT2D eigenvalue weighted by Gasteiger charge is 2.54. The molecule has 1 atom stereocenters. The third-order valence-corrected chi connectivity index (χ3v) is 10.2. The molecule has 0 amide bonds. The van der Waals surface area contributed by atoms with E-state index < -0.39 is 0 Å². The van der Waals surface area contributed by atoms with Crippen molar-refractivity contribution in [1.82, 2.24) is 9.47 Å². The minimum atomic E-state index is -0.141. The van der Waals surface area contributed by atoms with Crippen molar-refractivity contribution < 1.29 is 5.11 Å². The fraction of sp³-hybridized carbons (Fsp3) is 0.720. The number of fused-ring (bicyclic) bond motifs is 1. The van der Waals surface area contributed by atoms with Gasteiger partial charge >= 0.3 is 0 Å². The maximum atomic E-state index is 11.3. The van der Waals surface area contributed by atoms with Crippen molar-refractivity contribution >= 4 is 58.0 Å². The number of aliphatic hydroxyl groups is 1. The smallest absolute Gasteiger partial charge is 0.182 e. The number of aliphatic hydroxyl groups excluding tert-OH is 1. The first-order valence-electron chi connectivity index (χ1n) is 12.2. The molecule has 2 heterocycles. The van der Waals surface area contributed by atoms with Crippen molar-refractivity contribution in [2.24, 2.45) is 29.1 Å². The Morgan fingerprint density at radius 1 is 1.06 bits per heavy atom. The molecule has 5 fully saturated rings. The standard InChI is InChI=1S/C25H34ClN3OS.2ClH/c26-20-1-2-21-22(10-20)31-24(27)29(21)14-16-3-5-28(6-4-16)15-23(30)25-11-17-7-18(12-25)9-19(8-17)13-25;;/h1-2,10,16-19,23,27,30H,3-9,11-15H2;2*1H. The van der Waals surface area contributed by atoms with Crippen molar-refractivity contribution in [2.75, 3.05) is 19.6 Å². The van der Waals surface area contributed by atoms with Crippen LogP contribution in [0.1, 0.15) is 51.4 Å². The van der Waals surface area contributed by atoms with Gasteiger partial charge in [-0.2, -0.15) is 0 Å². The average Bonchev–Trinajstić information content (AvgIpc) is 3.02. The summed E-state index contributed by atoms with van der Waals surface area (Å²) in [7, 11) is 0. The Morgan fingerprint density at radius 2 is 1.67 bits per heavy atom. The maximum Gasteiger partial charge on any atom is 0.182 e. The van der Waals surface area contributed by atoms with Crippen molar-refractivity contribution in [1.29, 1.82) is 5.41 Å². The van der Waals surface area contributed by atoms with Crippen molar-refractivity contribution in [3.05, 3.63) is 28.0 Å². The average molecular weight is 533 g/mol. The predicted molar refractivity (Wildman–Crippen MR) is 141 cm³/mol. The van der Waals surface area contributed by atoms with Gasteiger partial charge in [-0.25, -0.2) is 0 Å². The lowest BCUT2D eigenvalue weighted by Crippen LogP contribution is -2.55. The molecule has 4 nitrogen and oxygen atoms in total. The number of nitrogens with one attached hydrogen (secondary N) is 1. The maximum absolute atomic E-state index is 11.3. The second-order valence-electron chi connectivity index (χ2n) is 11.2. The Labute approximate surface area is 218 Å². The van der Waals surface area contributed by atoms with E-state index in [0.717, 1.165) is 72.0 Å². The van der Waals surface area contributed by atoms with Gasteiger partial charge in [0.25, 0.3) is 0 Å². The molecule has 5 aliphatic rings. The Morgan fingerprint density at radius 3 is 2.27 bits per heavy atom. The zero-order valence-electron chi connectivity index (χ0n) is 19.0. The number of aromatic nitrogens is 1. The number of benzene rings is 1. The van der Waals surface area contributed by atoms with Crippen LogP contribution in [0.15, 0.2) is 18.2 Å². The van der Waals surface area contributed by atoms with Crippen LogP contribution in [0.25, 0.3) is 10.2 Å². The molecule has 0 spiro atoms. The monoisotopic (exact) mass is 531 g/mol. The Bertz CT molecular complexity index is 994. The summed E-state index contributed by atoms with van der Waals surface area (Å²) < 4.78 is 3.27. The molecule has 1 aromatic heterocycles. The molecule has 2 N–H and O–H groups in total. The third kappa shape index (κ3) is 4.88. The van der Waals surface area contributed by atoms with E-state index in [9.17, 15) is 5.11 Å². The van der Waals surface area contributed by atoms with Crippen LogP contribution in [0.4, 0.5) is 0 Å². The number of thiazole rings is 1. The van der Waals surface area contributed by atoms with E-state index in [2.05, 4.69) is 15.5 Å². The molecule has 2 aromatic rings. The molecule has 1 aromatic carbocycles. The van der Waals surface area contributed by atoms with Gasteiger partial charge in [0.15, 0.2) is 4.80 Å². The minimum Gasteiger partial charge on any atom is -0.391 e. The second-order valence-corrected chi connectivity index (χ2v) is 12.6. The van der Waals surface area contributed by atoms with Gasteiger partial charge in [-0.3, -0.25) is 5.41 Å². The lowest BCUT2D eigenvalue weighted by Gasteiger charge is -2.59. The summed E-state index contributed by atoms with van der Waals surface area (Å²) in [5.74, 6) is 3.31. The van der Waals surface area contributed by atoms with Gasteiger partial charge in [0, 0.05) is 18.1 Å². The highest BCUT2D eigenvalue weighted by Crippen LogP contribution is 2.61. The van der Waals surface area contributed by atoms with E-state index in [1.54, 1.807) is 0 Å². The van der Waals surface area contributed by atoms with Crippen molar-refractivity contribution in [2.45, 2.75) is 64.0 Å². The summed E-state index contributed by atoms with van der Waals surface area (Å²) in [6, 6.07) is 5.97. The van der Waals surface area contributed by atoms with Crippen LogP contribution in [-0.4, -0.2) is 40.3 Å². The molecule has 4 bridgehead atoms. The van der Waals surface area contributed by atoms with Crippen LogP contribution in [0.2, 0.25) is 5.02 Å². The van der Waals surface area contributed by atoms with E-state index in [0.29, 0.717) is 10.7 Å². The molecule has 0 radical (unpaired) electrons. The van der Waals surface area contributed by atoms with Gasteiger partial charge in [0.05, 0.1) is 16.3 Å². The first kappa shape index (κ1) is 25.8. The molecule has 7 rings (SSSR count). The van der Waals surface area contributed by atoms with Crippen LogP contribution in [0.5, 0.6) is 0 Å². The van der Waals surface area contributed by atoms with E-state index in [1.807, 2.05) is 12.1 Å². The third-order valence-electron chi connectivity index (χ3n) is 9.04. The lowest BCUT2D eigenvalue weighted by molar-refractivity contribution is -0.128. The molecule has 4 saturated carbocycles. The normalized spacial score (nSPS) is 32.5. The zero-order chi connectivity index (χ0) is 21.2. The summed E-state index contributed by atoms with van der Waals surface area (Å²) in [6.45, 7) is 3.95. The number of halogens is 3. The Hall–Kier alpha value is -0.300. The molecule has 4 aliphatic carbocycles. The van der Waals surface area contributed by atoms with Gasteiger partial charge in [0.2, 0.25) is 0 Å². The van der Waals surface area contributed by atoms with E-state index >= 15 is 0 Å². The number of piperidine rings is 1. The molecule has 1 unspecified atom stereocenters. The fourth-order valence-electron chi connectivity index (χ4n) is 7.88. The fourth-order valence-corrected chi connectivity index (χ4v) is 9.07. The second kappa shape index (κ2) is 9.99. The van der Waals surface area contributed by atoms with Crippen LogP contribution >= 0.6 is 47.8 Å². The largest absolute Gasteiger partial charge is 0.391 e. The van der Waals surface area contributed by atoms with Crippen LogP contribution < -0.4 is 4.80 Å². The summed E-state index contributed by atoms with van der Waals surface area (Å²) >= 11 is 7.66.